The molecule has 1 atom stereocenters. The van der Waals surface area contributed by atoms with Crippen molar-refractivity contribution < 1.29 is 5.11 Å². The Morgan fingerprint density at radius 2 is 1.47 bits per heavy atom. The zero-order valence-corrected chi connectivity index (χ0v) is 11.1. The van der Waals surface area contributed by atoms with Gasteiger partial charge in [0.25, 0.3) is 0 Å². The van der Waals surface area contributed by atoms with E-state index in [4.69, 9.17) is 5.11 Å². The number of aryl methyl sites for hydroxylation is 1. The van der Waals surface area contributed by atoms with E-state index in [0.717, 1.165) is 6.42 Å². The van der Waals surface area contributed by atoms with Crippen molar-refractivity contribution in [3.05, 3.63) is 35.9 Å². The normalized spacial score (nSPS) is 12.6. The van der Waals surface area contributed by atoms with Gasteiger partial charge in [0.05, 0.1) is 6.10 Å². The molecule has 1 nitrogen and oxygen atoms in total. The Bertz CT molecular complexity index is 266. The predicted octanol–water partition coefficient (Wildman–Crippen LogP) is 4.34. The van der Waals surface area contributed by atoms with Crippen molar-refractivity contribution in [2.45, 2.75) is 64.4 Å². The fraction of sp³-hybridized carbons (Fsp3) is 0.625. The minimum absolute atomic E-state index is 0.118. The van der Waals surface area contributed by atoms with Gasteiger partial charge in [-0.2, -0.15) is 0 Å². The Balaban J connectivity index is 1.88. The van der Waals surface area contributed by atoms with E-state index < -0.39 is 0 Å². The van der Waals surface area contributed by atoms with Crippen LogP contribution in [0.3, 0.4) is 0 Å². The molecule has 0 aliphatic rings. The number of unbranched alkanes of at least 4 members (excludes halogenated alkanes) is 5. The van der Waals surface area contributed by atoms with Gasteiger partial charge < -0.3 is 5.11 Å². The average Bonchev–Trinajstić information content (AvgIpc) is 2.33. The highest BCUT2D eigenvalue weighted by molar-refractivity contribution is 5.14. The third kappa shape index (κ3) is 7.98. The molecule has 1 heteroatoms. The quantitative estimate of drug-likeness (QED) is 0.630. The summed E-state index contributed by atoms with van der Waals surface area (Å²) in [4.78, 5) is 0. The van der Waals surface area contributed by atoms with Crippen LogP contribution in [0.15, 0.2) is 30.3 Å². The lowest BCUT2D eigenvalue weighted by Gasteiger charge is -2.04. The van der Waals surface area contributed by atoms with Crippen molar-refractivity contribution in [3.63, 3.8) is 0 Å². The number of benzene rings is 1. The lowest BCUT2D eigenvalue weighted by molar-refractivity contribution is 0.180. The second-order valence-electron chi connectivity index (χ2n) is 4.99. The van der Waals surface area contributed by atoms with E-state index in [-0.39, 0.29) is 6.10 Å². The van der Waals surface area contributed by atoms with Crippen LogP contribution in [0.5, 0.6) is 0 Å². The number of rotatable bonds is 9. The van der Waals surface area contributed by atoms with Crippen molar-refractivity contribution in [1.29, 1.82) is 0 Å². The average molecular weight is 234 g/mol. The summed E-state index contributed by atoms with van der Waals surface area (Å²) in [6, 6.07) is 10.7. The predicted molar refractivity (Wildman–Crippen MR) is 74.1 cm³/mol. The largest absolute Gasteiger partial charge is 0.393 e. The Morgan fingerprint density at radius 1 is 0.882 bits per heavy atom. The van der Waals surface area contributed by atoms with Crippen LogP contribution in [0.1, 0.15) is 57.4 Å². The molecule has 0 saturated carbocycles. The molecule has 0 aliphatic carbocycles. The van der Waals surface area contributed by atoms with Gasteiger partial charge in [-0.25, -0.2) is 0 Å². The van der Waals surface area contributed by atoms with Gasteiger partial charge in [0.15, 0.2) is 0 Å². The van der Waals surface area contributed by atoms with Crippen LogP contribution in [0.4, 0.5) is 0 Å². The molecule has 1 aromatic rings. The zero-order chi connectivity index (χ0) is 12.3. The lowest BCUT2D eigenvalue weighted by atomic mass is 10.0. The summed E-state index contributed by atoms with van der Waals surface area (Å²) in [5.74, 6) is 0. The highest BCUT2D eigenvalue weighted by atomic mass is 16.3. The van der Waals surface area contributed by atoms with Gasteiger partial charge in [-0.1, -0.05) is 62.4 Å². The maximum atomic E-state index is 9.12. The molecule has 0 heterocycles. The van der Waals surface area contributed by atoms with E-state index in [9.17, 15) is 0 Å². The van der Waals surface area contributed by atoms with Crippen LogP contribution < -0.4 is 0 Å². The summed E-state index contributed by atoms with van der Waals surface area (Å²) in [7, 11) is 0. The van der Waals surface area contributed by atoms with Gasteiger partial charge >= 0.3 is 0 Å². The SMILES string of the molecule is C[C@H](O)CCCCCCCCc1ccccc1. The van der Waals surface area contributed by atoms with Crippen molar-refractivity contribution in [3.8, 4) is 0 Å². The molecule has 0 saturated heterocycles. The summed E-state index contributed by atoms with van der Waals surface area (Å²) >= 11 is 0. The molecule has 17 heavy (non-hydrogen) atoms. The van der Waals surface area contributed by atoms with Gasteiger partial charge in [0, 0.05) is 0 Å². The fourth-order valence-corrected chi connectivity index (χ4v) is 2.12. The third-order valence-electron chi connectivity index (χ3n) is 3.18. The first-order valence-electron chi connectivity index (χ1n) is 7.01. The van der Waals surface area contributed by atoms with Crippen molar-refractivity contribution in [2.24, 2.45) is 0 Å². The fourth-order valence-electron chi connectivity index (χ4n) is 2.12. The van der Waals surface area contributed by atoms with E-state index in [1.807, 2.05) is 6.92 Å². The first-order chi connectivity index (χ1) is 8.29. The third-order valence-corrected chi connectivity index (χ3v) is 3.18. The number of hydrogen-bond donors (Lipinski definition) is 1. The molecule has 0 bridgehead atoms. The Hall–Kier alpha value is -0.820. The van der Waals surface area contributed by atoms with Crippen LogP contribution >= 0.6 is 0 Å². The maximum absolute atomic E-state index is 9.12. The standard InChI is InChI=1S/C16H26O/c1-15(17)11-7-4-2-3-5-8-12-16-13-9-6-10-14-16/h6,9-10,13-15,17H,2-5,7-8,11-12H2,1H3/t15-/m0/s1. The maximum Gasteiger partial charge on any atom is 0.0512 e. The van der Waals surface area contributed by atoms with Gasteiger partial charge in [0.2, 0.25) is 0 Å². The van der Waals surface area contributed by atoms with E-state index in [2.05, 4.69) is 30.3 Å². The second-order valence-corrected chi connectivity index (χ2v) is 4.99. The second kappa shape index (κ2) is 9.23. The molecule has 1 N–H and O–H groups in total. The monoisotopic (exact) mass is 234 g/mol. The van der Waals surface area contributed by atoms with Crippen LogP contribution in [0, 0.1) is 0 Å². The molecule has 1 aromatic carbocycles. The molecule has 96 valence electrons. The summed E-state index contributed by atoms with van der Waals surface area (Å²) in [5, 5.41) is 9.12. The van der Waals surface area contributed by atoms with Gasteiger partial charge in [-0.15, -0.1) is 0 Å². The van der Waals surface area contributed by atoms with Crippen LogP contribution in [0.2, 0.25) is 0 Å². The van der Waals surface area contributed by atoms with Crippen LogP contribution in [0.25, 0.3) is 0 Å². The van der Waals surface area contributed by atoms with Gasteiger partial charge in [0.1, 0.15) is 0 Å². The molecule has 1 rings (SSSR count). The minimum Gasteiger partial charge on any atom is -0.393 e. The van der Waals surface area contributed by atoms with Crippen LogP contribution in [-0.4, -0.2) is 11.2 Å². The minimum atomic E-state index is -0.118. The van der Waals surface area contributed by atoms with Gasteiger partial charge in [-0.05, 0) is 31.7 Å². The van der Waals surface area contributed by atoms with Crippen LogP contribution in [-0.2, 0) is 6.42 Å². The van der Waals surface area contributed by atoms with E-state index >= 15 is 0 Å². The summed E-state index contributed by atoms with van der Waals surface area (Å²) < 4.78 is 0. The van der Waals surface area contributed by atoms with Crippen molar-refractivity contribution >= 4 is 0 Å². The number of aliphatic hydroxyl groups is 1. The first kappa shape index (κ1) is 14.2. The van der Waals surface area contributed by atoms with Gasteiger partial charge in [-0.3, -0.25) is 0 Å². The molecule has 0 spiro atoms. The van der Waals surface area contributed by atoms with E-state index in [1.54, 1.807) is 0 Å². The van der Waals surface area contributed by atoms with E-state index in [0.29, 0.717) is 0 Å². The van der Waals surface area contributed by atoms with Crippen molar-refractivity contribution in [1.82, 2.24) is 0 Å². The molecule has 0 unspecified atom stereocenters. The Labute approximate surface area is 106 Å². The Morgan fingerprint density at radius 3 is 2.12 bits per heavy atom. The van der Waals surface area contributed by atoms with Crippen molar-refractivity contribution in [2.75, 3.05) is 0 Å². The number of aliphatic hydroxyl groups excluding tert-OH is 1. The van der Waals surface area contributed by atoms with E-state index in [1.165, 1.54) is 50.5 Å². The Kier molecular flexibility index (Phi) is 7.74. The first-order valence-corrected chi connectivity index (χ1v) is 7.01. The summed E-state index contributed by atoms with van der Waals surface area (Å²) in [6.07, 6.45) is 9.82. The molecular formula is C16H26O. The highest BCUT2D eigenvalue weighted by Gasteiger charge is 1.96. The molecule has 0 fully saturated rings. The summed E-state index contributed by atoms with van der Waals surface area (Å²) in [5.41, 5.74) is 1.46. The number of hydrogen-bond acceptors (Lipinski definition) is 1. The molecule has 0 radical (unpaired) electrons. The highest BCUT2D eigenvalue weighted by Crippen LogP contribution is 2.11. The molecule has 0 amide bonds. The zero-order valence-electron chi connectivity index (χ0n) is 11.1. The smallest absolute Gasteiger partial charge is 0.0512 e. The topological polar surface area (TPSA) is 20.2 Å². The lowest BCUT2D eigenvalue weighted by Crippen LogP contribution is -1.98. The summed E-state index contributed by atoms with van der Waals surface area (Å²) in [6.45, 7) is 1.87. The molecule has 0 aromatic heterocycles. The molecule has 0 aliphatic heterocycles. The molecular weight excluding hydrogens is 208 g/mol.